The van der Waals surface area contributed by atoms with Crippen LogP contribution in [-0.2, 0) is 19.1 Å². The highest BCUT2D eigenvalue weighted by molar-refractivity contribution is 5.79. The van der Waals surface area contributed by atoms with E-state index in [1.54, 1.807) is 0 Å². The minimum Gasteiger partial charge on any atom is -0.464 e. The van der Waals surface area contributed by atoms with Crippen LogP contribution in [0.2, 0.25) is 0 Å². The molecule has 2 saturated carbocycles. The zero-order valence-corrected chi connectivity index (χ0v) is 16.9. The van der Waals surface area contributed by atoms with Gasteiger partial charge in [0.15, 0.2) is 0 Å². The highest BCUT2D eigenvalue weighted by Crippen LogP contribution is 2.46. The minimum absolute atomic E-state index is 0.0619. The van der Waals surface area contributed by atoms with Crippen molar-refractivity contribution in [3.05, 3.63) is 0 Å². The molecule has 0 spiro atoms. The van der Waals surface area contributed by atoms with Crippen LogP contribution in [0.15, 0.2) is 0 Å². The fraction of sp³-hybridized carbons (Fsp3) is 0.900. The van der Waals surface area contributed by atoms with Gasteiger partial charge in [0.1, 0.15) is 13.2 Å². The summed E-state index contributed by atoms with van der Waals surface area (Å²) in [4.78, 5) is 23.8. The van der Waals surface area contributed by atoms with E-state index in [9.17, 15) is 9.59 Å². The molecular weight excluding hydrogens is 332 g/mol. The number of carbonyl (C=O) groups is 2. The number of ether oxygens (including phenoxy) is 2. The molecule has 2 aliphatic carbocycles. The maximum absolute atomic E-state index is 11.9. The van der Waals surface area contributed by atoms with Gasteiger partial charge in [-0.05, 0) is 52.4 Å². The fourth-order valence-electron chi connectivity index (χ4n) is 2.68. The average Bonchev–Trinajstić information content (AvgIpc) is 3.55. The Kier molecular flexibility index (Phi) is 7.47. The summed E-state index contributed by atoms with van der Waals surface area (Å²) in [5.74, 6) is -0.124. The normalized spacial score (nSPS) is 21.5. The lowest BCUT2D eigenvalue weighted by molar-refractivity contribution is -0.151. The van der Waals surface area contributed by atoms with Crippen molar-refractivity contribution in [3.63, 3.8) is 0 Å². The summed E-state index contributed by atoms with van der Waals surface area (Å²) in [6.45, 7) is 10.5. The molecule has 2 fully saturated rings. The fourth-order valence-corrected chi connectivity index (χ4v) is 2.68. The maximum Gasteiger partial charge on any atom is 0.311 e. The maximum atomic E-state index is 11.9. The summed E-state index contributed by atoms with van der Waals surface area (Å²) in [7, 11) is 0. The molecular formula is C20H36N2O4. The molecule has 0 aromatic carbocycles. The zero-order chi connectivity index (χ0) is 19.2. The SMILES string of the molecule is CC[C@@H](COC(=O)C1(C)CC1)NCCN[C@@H](CC)COC(=O)C1(C)CC1. The van der Waals surface area contributed by atoms with Crippen molar-refractivity contribution in [3.8, 4) is 0 Å². The van der Waals surface area contributed by atoms with Gasteiger partial charge in [0.2, 0.25) is 0 Å². The summed E-state index contributed by atoms with van der Waals surface area (Å²) >= 11 is 0. The Bertz CT molecular complexity index is 442. The summed E-state index contributed by atoms with van der Waals surface area (Å²) in [5, 5.41) is 6.86. The smallest absolute Gasteiger partial charge is 0.311 e. The molecule has 0 aromatic heterocycles. The first kappa shape index (κ1) is 21.2. The van der Waals surface area contributed by atoms with Gasteiger partial charge in [-0.3, -0.25) is 9.59 Å². The van der Waals surface area contributed by atoms with Crippen LogP contribution < -0.4 is 10.6 Å². The lowest BCUT2D eigenvalue weighted by Gasteiger charge is -2.21. The van der Waals surface area contributed by atoms with Crippen molar-refractivity contribution < 1.29 is 19.1 Å². The second kappa shape index (κ2) is 9.18. The number of carbonyl (C=O) groups excluding carboxylic acids is 2. The van der Waals surface area contributed by atoms with Gasteiger partial charge in [-0.25, -0.2) is 0 Å². The predicted octanol–water partition coefficient (Wildman–Crippen LogP) is 2.41. The van der Waals surface area contributed by atoms with Crippen molar-refractivity contribution in [1.82, 2.24) is 10.6 Å². The summed E-state index contributed by atoms with van der Waals surface area (Å²) in [5.41, 5.74) is -0.438. The lowest BCUT2D eigenvalue weighted by Crippen LogP contribution is -2.42. The topological polar surface area (TPSA) is 76.7 Å². The Morgan fingerprint density at radius 1 is 0.808 bits per heavy atom. The van der Waals surface area contributed by atoms with Gasteiger partial charge in [0.05, 0.1) is 10.8 Å². The van der Waals surface area contributed by atoms with Crippen molar-refractivity contribution in [1.29, 1.82) is 0 Å². The lowest BCUT2D eigenvalue weighted by atomic mass is 10.1. The number of nitrogens with one attached hydrogen (secondary N) is 2. The van der Waals surface area contributed by atoms with Gasteiger partial charge in [0.25, 0.3) is 0 Å². The second-order valence-corrected chi connectivity index (χ2v) is 8.44. The molecule has 2 rings (SSSR count). The Labute approximate surface area is 157 Å². The molecule has 0 unspecified atom stereocenters. The molecule has 6 heteroatoms. The van der Waals surface area contributed by atoms with Gasteiger partial charge in [-0.2, -0.15) is 0 Å². The van der Waals surface area contributed by atoms with Crippen LogP contribution in [0.3, 0.4) is 0 Å². The van der Waals surface area contributed by atoms with E-state index < -0.39 is 0 Å². The van der Waals surface area contributed by atoms with Crippen molar-refractivity contribution in [2.45, 2.75) is 78.3 Å². The Hall–Kier alpha value is -1.14. The first-order chi connectivity index (χ1) is 12.3. The van der Waals surface area contributed by atoms with E-state index in [2.05, 4.69) is 24.5 Å². The summed E-state index contributed by atoms with van der Waals surface area (Å²) < 4.78 is 10.9. The third kappa shape index (κ3) is 6.23. The molecule has 2 aliphatic rings. The predicted molar refractivity (Wildman–Crippen MR) is 101 cm³/mol. The highest BCUT2D eigenvalue weighted by Gasteiger charge is 2.47. The van der Waals surface area contributed by atoms with Gasteiger partial charge in [-0.1, -0.05) is 13.8 Å². The van der Waals surface area contributed by atoms with Crippen LogP contribution >= 0.6 is 0 Å². The van der Waals surface area contributed by atoms with Crippen LogP contribution in [0.25, 0.3) is 0 Å². The molecule has 0 radical (unpaired) electrons. The summed E-state index contributed by atoms with van der Waals surface area (Å²) in [6.07, 6.45) is 5.61. The average molecular weight is 369 g/mol. The van der Waals surface area contributed by atoms with Crippen LogP contribution in [0, 0.1) is 10.8 Å². The molecule has 2 N–H and O–H groups in total. The largest absolute Gasteiger partial charge is 0.464 e. The van der Waals surface area contributed by atoms with E-state index in [1.165, 1.54) is 0 Å². The van der Waals surface area contributed by atoms with Crippen molar-refractivity contribution >= 4 is 11.9 Å². The number of hydrogen-bond acceptors (Lipinski definition) is 6. The van der Waals surface area contributed by atoms with Crippen molar-refractivity contribution in [2.24, 2.45) is 10.8 Å². The van der Waals surface area contributed by atoms with E-state index in [0.29, 0.717) is 13.2 Å². The van der Waals surface area contributed by atoms with Crippen LogP contribution in [0.4, 0.5) is 0 Å². The quantitative estimate of drug-likeness (QED) is 0.384. The number of rotatable bonds is 13. The first-order valence-corrected chi connectivity index (χ1v) is 10.1. The summed E-state index contributed by atoms with van der Waals surface area (Å²) in [6, 6.07) is 0.353. The Morgan fingerprint density at radius 3 is 1.42 bits per heavy atom. The molecule has 0 aromatic rings. The molecule has 6 nitrogen and oxygen atoms in total. The number of hydrogen-bond donors (Lipinski definition) is 2. The Morgan fingerprint density at radius 2 is 1.15 bits per heavy atom. The van der Waals surface area contributed by atoms with E-state index >= 15 is 0 Å². The van der Waals surface area contributed by atoms with E-state index in [1.807, 2.05) is 13.8 Å². The molecule has 0 heterocycles. The third-order valence-electron chi connectivity index (χ3n) is 5.79. The first-order valence-electron chi connectivity index (χ1n) is 10.1. The van der Waals surface area contributed by atoms with Gasteiger partial charge >= 0.3 is 11.9 Å². The van der Waals surface area contributed by atoms with Crippen LogP contribution in [0.5, 0.6) is 0 Å². The molecule has 150 valence electrons. The standard InChI is InChI=1S/C20H36N2O4/c1-5-15(13-25-17(23)19(3)7-8-19)21-11-12-22-16(6-2)14-26-18(24)20(4)9-10-20/h15-16,21-22H,5-14H2,1-4H3/t15-,16-/m0/s1. The molecule has 0 aliphatic heterocycles. The van der Waals surface area contributed by atoms with Gasteiger partial charge in [-0.15, -0.1) is 0 Å². The number of esters is 2. The Balaban J connectivity index is 1.56. The van der Waals surface area contributed by atoms with Gasteiger partial charge in [0, 0.05) is 25.2 Å². The molecule has 0 bridgehead atoms. The second-order valence-electron chi connectivity index (χ2n) is 8.44. The van der Waals surface area contributed by atoms with Crippen LogP contribution in [0.1, 0.15) is 66.2 Å². The zero-order valence-electron chi connectivity index (χ0n) is 16.9. The minimum atomic E-state index is -0.219. The van der Waals surface area contributed by atoms with Gasteiger partial charge < -0.3 is 20.1 Å². The molecule has 0 saturated heterocycles. The van der Waals surface area contributed by atoms with E-state index in [4.69, 9.17) is 9.47 Å². The molecule has 2 atom stereocenters. The van der Waals surface area contributed by atoms with E-state index in [-0.39, 0.29) is 34.9 Å². The third-order valence-corrected chi connectivity index (χ3v) is 5.79. The molecule has 26 heavy (non-hydrogen) atoms. The molecule has 0 amide bonds. The van der Waals surface area contributed by atoms with E-state index in [0.717, 1.165) is 51.6 Å². The van der Waals surface area contributed by atoms with Crippen molar-refractivity contribution in [2.75, 3.05) is 26.3 Å². The monoisotopic (exact) mass is 368 g/mol. The van der Waals surface area contributed by atoms with Crippen LogP contribution in [-0.4, -0.2) is 50.3 Å². The highest BCUT2D eigenvalue weighted by atomic mass is 16.5.